The third-order valence-electron chi connectivity index (χ3n) is 0.512. The summed E-state index contributed by atoms with van der Waals surface area (Å²) in [6.07, 6.45) is -0.00463. The number of carbonyl (C=O) groups is 1. The molecule has 0 unspecified atom stereocenters. The van der Waals surface area contributed by atoms with E-state index in [0.29, 0.717) is 0 Å². The van der Waals surface area contributed by atoms with E-state index in [9.17, 15) is 13.2 Å². The molecule has 48 valence electrons. The topological polar surface area (TPSA) is 74.7 Å². The van der Waals surface area contributed by atoms with E-state index >= 15 is 0 Å². The molecule has 0 atom stereocenters. The smallest absolute Gasteiger partial charge is 0.278 e. The predicted molar refractivity (Wildman–Crippen MR) is 25.4 cm³/mol. The van der Waals surface area contributed by atoms with Crippen LogP contribution in [0.15, 0.2) is 0 Å². The Balaban J connectivity index is 4.26. The Morgan fingerprint density at radius 3 is 2.00 bits per heavy atom. The lowest BCUT2D eigenvalue weighted by Crippen LogP contribution is -2.23. The molecular weight excluding hydrogens is 134 g/mol. The third kappa shape index (κ3) is 1.90. The minimum absolute atomic E-state index is 0.00463. The van der Waals surface area contributed by atoms with Gasteiger partial charge in [-0.25, -0.2) is 4.31 Å². The maximum Gasteiger partial charge on any atom is 0.361 e. The van der Waals surface area contributed by atoms with Gasteiger partial charge in [0.1, 0.15) is 0 Å². The summed E-state index contributed by atoms with van der Waals surface area (Å²) < 4.78 is 27.7. The van der Waals surface area contributed by atoms with Crippen LogP contribution in [-0.4, -0.2) is 30.7 Å². The zero-order valence-corrected chi connectivity index (χ0v) is 4.92. The van der Waals surface area contributed by atoms with E-state index < -0.39 is 10.3 Å². The van der Waals surface area contributed by atoms with E-state index in [4.69, 9.17) is 4.55 Å². The van der Waals surface area contributed by atoms with Crippen molar-refractivity contribution in [3.8, 4) is 0 Å². The molecule has 0 aromatic carbocycles. The Morgan fingerprint density at radius 1 is 1.62 bits per heavy atom. The highest BCUT2D eigenvalue weighted by Crippen LogP contribution is 1.83. The fraction of sp³-hybridized carbons (Fsp3) is 0.500. The van der Waals surface area contributed by atoms with Crippen molar-refractivity contribution in [2.24, 2.45) is 0 Å². The highest BCUT2D eigenvalue weighted by Gasteiger charge is 2.07. The molecule has 1 amide bonds. The molecule has 8 heavy (non-hydrogen) atoms. The highest BCUT2D eigenvalue weighted by molar-refractivity contribution is 7.83. The van der Waals surface area contributed by atoms with Crippen molar-refractivity contribution >= 4 is 16.7 Å². The van der Waals surface area contributed by atoms with Crippen molar-refractivity contribution < 1.29 is 17.8 Å². The number of rotatable bonds is 2. The number of hydrogen-bond acceptors (Lipinski definition) is 3. The molecule has 0 aliphatic carbocycles. The van der Waals surface area contributed by atoms with Gasteiger partial charge in [0.25, 0.3) is 0 Å². The molecule has 0 heterocycles. The van der Waals surface area contributed by atoms with Crippen LogP contribution in [0.3, 0.4) is 0 Å². The lowest BCUT2D eigenvalue weighted by atomic mass is 11.2. The predicted octanol–water partition coefficient (Wildman–Crippen LogP) is -1.12. The van der Waals surface area contributed by atoms with Gasteiger partial charge in [0, 0.05) is 7.05 Å². The van der Waals surface area contributed by atoms with Crippen LogP contribution >= 0.6 is 0 Å². The first-order valence-electron chi connectivity index (χ1n) is 1.64. The summed E-state index contributed by atoms with van der Waals surface area (Å²) in [5, 5.41) is 0. The fourth-order valence-corrected chi connectivity index (χ4v) is 0.163. The van der Waals surface area contributed by atoms with Crippen LogP contribution < -0.4 is 0 Å². The van der Waals surface area contributed by atoms with Crippen LogP contribution in [0, 0.1) is 0 Å². The molecule has 6 heteroatoms. The third-order valence-corrected chi connectivity index (χ3v) is 1.33. The minimum atomic E-state index is -4.29. The molecule has 0 bridgehead atoms. The summed E-state index contributed by atoms with van der Waals surface area (Å²) in [5.74, 6) is 0. The Kier molecular flexibility index (Phi) is 1.94. The van der Waals surface area contributed by atoms with Crippen LogP contribution in [0.5, 0.6) is 0 Å². The summed E-state index contributed by atoms with van der Waals surface area (Å²) in [5.41, 5.74) is 0. The van der Waals surface area contributed by atoms with Gasteiger partial charge in [-0.2, -0.15) is 8.42 Å². The molecule has 5 nitrogen and oxygen atoms in total. The van der Waals surface area contributed by atoms with Gasteiger partial charge in [-0.3, -0.25) is 9.35 Å². The van der Waals surface area contributed by atoms with Crippen LogP contribution in [0.1, 0.15) is 0 Å². The molecule has 0 saturated carbocycles. The normalized spacial score (nSPS) is 10.8. The molecule has 1 N–H and O–H groups in total. The molecule has 0 rings (SSSR count). The number of nitrogens with zero attached hydrogens (tertiary/aromatic N) is 1. The Bertz CT molecular complexity index is 170. The van der Waals surface area contributed by atoms with E-state index in [1.807, 2.05) is 0 Å². The maximum absolute atomic E-state index is 9.81. The zero-order chi connectivity index (χ0) is 6.78. The standard InChI is InChI=1S/C2H5NO4S/c1-3(2-4)8(5,6)7/h2H,1H3,(H,5,6,7). The average molecular weight is 139 g/mol. The fourth-order valence-electron chi connectivity index (χ4n) is 0.0544. The maximum atomic E-state index is 9.81. The molecule has 0 fully saturated rings. The van der Waals surface area contributed by atoms with Gasteiger partial charge >= 0.3 is 10.3 Å². The van der Waals surface area contributed by atoms with Gasteiger partial charge in [0.2, 0.25) is 6.41 Å². The van der Waals surface area contributed by atoms with Crippen molar-refractivity contribution in [1.29, 1.82) is 0 Å². The van der Waals surface area contributed by atoms with Crippen LogP contribution in [-0.2, 0) is 15.1 Å². The first-order chi connectivity index (χ1) is 3.48. The zero-order valence-electron chi connectivity index (χ0n) is 4.10. The minimum Gasteiger partial charge on any atom is -0.278 e. The van der Waals surface area contributed by atoms with Crippen LogP contribution in [0.4, 0.5) is 0 Å². The second-order valence-corrected chi connectivity index (χ2v) is 2.57. The van der Waals surface area contributed by atoms with Crippen molar-refractivity contribution in [3.05, 3.63) is 0 Å². The number of carbonyl (C=O) groups excluding carboxylic acids is 1. The molecular formula is C2H5NO4S. The van der Waals surface area contributed by atoms with Crippen LogP contribution in [0.2, 0.25) is 0 Å². The molecule has 0 radical (unpaired) electrons. The first-order valence-corrected chi connectivity index (χ1v) is 3.04. The van der Waals surface area contributed by atoms with Crippen molar-refractivity contribution in [2.45, 2.75) is 0 Å². The lowest BCUT2D eigenvalue weighted by molar-refractivity contribution is -0.113. The Morgan fingerprint density at radius 2 is 2.00 bits per heavy atom. The van der Waals surface area contributed by atoms with E-state index in [1.165, 1.54) is 0 Å². The van der Waals surface area contributed by atoms with E-state index in [0.717, 1.165) is 7.05 Å². The molecule has 0 aliphatic heterocycles. The second-order valence-electron chi connectivity index (χ2n) is 1.10. The summed E-state index contributed by atoms with van der Waals surface area (Å²) in [6, 6.07) is 0. The largest absolute Gasteiger partial charge is 0.361 e. The van der Waals surface area contributed by atoms with E-state index in [-0.39, 0.29) is 10.7 Å². The van der Waals surface area contributed by atoms with E-state index in [1.54, 1.807) is 0 Å². The van der Waals surface area contributed by atoms with Gasteiger partial charge < -0.3 is 0 Å². The SMILES string of the molecule is CN(C=O)S(=O)(=O)O. The lowest BCUT2D eigenvalue weighted by Gasteiger charge is -2.02. The van der Waals surface area contributed by atoms with E-state index in [2.05, 4.69) is 0 Å². The number of hydrogen-bond donors (Lipinski definition) is 1. The highest BCUT2D eigenvalue weighted by atomic mass is 32.2. The second kappa shape index (κ2) is 2.10. The summed E-state index contributed by atoms with van der Waals surface area (Å²) in [4.78, 5) is 9.54. The molecule has 0 aromatic rings. The molecule has 0 aromatic heterocycles. The molecule has 0 aliphatic rings. The van der Waals surface area contributed by atoms with Crippen molar-refractivity contribution in [1.82, 2.24) is 4.31 Å². The molecule has 0 saturated heterocycles. The quantitative estimate of drug-likeness (QED) is 0.388. The monoisotopic (exact) mass is 139 g/mol. The van der Waals surface area contributed by atoms with Crippen LogP contribution in [0.25, 0.3) is 0 Å². The van der Waals surface area contributed by atoms with Gasteiger partial charge in [-0.1, -0.05) is 0 Å². The van der Waals surface area contributed by atoms with Gasteiger partial charge in [-0.15, -0.1) is 0 Å². The Hall–Kier alpha value is -0.620. The van der Waals surface area contributed by atoms with Crippen molar-refractivity contribution in [2.75, 3.05) is 7.05 Å². The molecule has 0 spiro atoms. The summed E-state index contributed by atoms with van der Waals surface area (Å²) in [6.45, 7) is 0. The summed E-state index contributed by atoms with van der Waals surface area (Å²) in [7, 11) is -3.35. The van der Waals surface area contributed by atoms with Gasteiger partial charge in [0.05, 0.1) is 0 Å². The number of amides is 1. The average Bonchev–Trinajstić information content (AvgIpc) is 1.62. The van der Waals surface area contributed by atoms with Gasteiger partial charge in [-0.05, 0) is 0 Å². The summed E-state index contributed by atoms with van der Waals surface area (Å²) >= 11 is 0. The van der Waals surface area contributed by atoms with Crippen molar-refractivity contribution in [3.63, 3.8) is 0 Å². The first kappa shape index (κ1) is 7.38. The van der Waals surface area contributed by atoms with Gasteiger partial charge in [0.15, 0.2) is 0 Å². The Labute approximate surface area is 46.8 Å².